The number of hydrogen-bond acceptors (Lipinski definition) is 10. The van der Waals surface area contributed by atoms with Crippen LogP contribution in [0.5, 0.6) is 0 Å². The van der Waals surface area contributed by atoms with Gasteiger partial charge in [-0.1, -0.05) is 12.1 Å². The maximum absolute atomic E-state index is 12.6. The molecule has 190 valence electrons. The van der Waals surface area contributed by atoms with Crippen molar-refractivity contribution in [1.29, 1.82) is 0 Å². The van der Waals surface area contributed by atoms with Gasteiger partial charge in [0.05, 0.1) is 19.8 Å². The van der Waals surface area contributed by atoms with Crippen LogP contribution in [0, 0.1) is 0 Å². The molecule has 0 saturated heterocycles. The smallest absolute Gasteiger partial charge is 0.328 e. The minimum absolute atomic E-state index is 0.0344. The molecule has 1 aromatic heterocycles. The number of nitrogens with zero attached hydrogens (tertiary/aromatic N) is 1. The molecule has 0 aliphatic rings. The number of hydrogen-bond donors (Lipinski definition) is 5. The number of aliphatic hydroxyl groups excluding tert-OH is 1. The Morgan fingerprint density at radius 3 is 2.37 bits per heavy atom. The molecule has 1 aromatic carbocycles. The van der Waals surface area contributed by atoms with Crippen molar-refractivity contribution in [2.75, 3.05) is 32.3 Å². The Morgan fingerprint density at radius 2 is 1.80 bits per heavy atom. The molecule has 1 unspecified atom stereocenters. The lowest BCUT2D eigenvalue weighted by Gasteiger charge is -2.17. The Hall–Kier alpha value is -3.93. The SMILES string of the molecule is COC(=O)CC[C@@H](NC(=O)c1ccc(C(CO)CCCc2c(N)nc(N)[nH]c2=O)cc1)C(=O)OC. The molecule has 12 heteroatoms. The standard InChI is InChI=1S/C23H31N5O7/c1-34-18(30)11-10-17(22(33)35-2)26-20(31)14-8-6-13(7-9-14)15(12-29)4-3-5-16-19(24)27-23(25)28-21(16)32/h6-9,15,17,29H,3-5,10-12H2,1-2H3,(H,26,31)(H5,24,25,27,28,32)/t15?,17-/m1/s1. The third kappa shape index (κ3) is 7.81. The first-order valence-corrected chi connectivity index (χ1v) is 11.0. The van der Waals surface area contributed by atoms with Crippen molar-refractivity contribution >= 4 is 29.6 Å². The highest BCUT2D eigenvalue weighted by molar-refractivity contribution is 5.96. The van der Waals surface area contributed by atoms with Gasteiger partial charge in [-0.2, -0.15) is 4.98 Å². The third-order valence-electron chi connectivity index (χ3n) is 5.57. The third-order valence-corrected chi connectivity index (χ3v) is 5.57. The van der Waals surface area contributed by atoms with E-state index in [9.17, 15) is 24.3 Å². The molecule has 0 saturated carbocycles. The van der Waals surface area contributed by atoms with Crippen LogP contribution in [-0.4, -0.2) is 59.8 Å². The zero-order valence-electron chi connectivity index (χ0n) is 19.7. The summed E-state index contributed by atoms with van der Waals surface area (Å²) in [6, 6.07) is 5.57. The number of aromatic amines is 1. The molecule has 1 amide bonds. The molecule has 2 aromatic rings. The number of amides is 1. The number of aliphatic hydroxyl groups is 1. The maximum atomic E-state index is 12.6. The molecule has 12 nitrogen and oxygen atoms in total. The predicted molar refractivity (Wildman–Crippen MR) is 127 cm³/mol. The highest BCUT2D eigenvalue weighted by atomic mass is 16.5. The van der Waals surface area contributed by atoms with E-state index in [2.05, 4.69) is 20.0 Å². The summed E-state index contributed by atoms with van der Waals surface area (Å²) in [6.45, 7) is -0.130. The van der Waals surface area contributed by atoms with Crippen molar-refractivity contribution in [3.63, 3.8) is 0 Å². The number of benzene rings is 1. The highest BCUT2D eigenvalue weighted by Crippen LogP contribution is 2.23. The molecule has 0 fully saturated rings. The molecule has 0 spiro atoms. The van der Waals surface area contributed by atoms with Gasteiger partial charge in [0, 0.05) is 24.5 Å². The fourth-order valence-corrected chi connectivity index (χ4v) is 3.57. The number of nitrogens with one attached hydrogen (secondary N) is 2. The van der Waals surface area contributed by atoms with Crippen LogP contribution in [0.1, 0.15) is 53.1 Å². The van der Waals surface area contributed by atoms with Gasteiger partial charge in [-0.15, -0.1) is 0 Å². The van der Waals surface area contributed by atoms with E-state index in [4.69, 9.17) is 16.2 Å². The number of methoxy groups -OCH3 is 2. The van der Waals surface area contributed by atoms with E-state index in [-0.39, 0.29) is 42.7 Å². The minimum atomic E-state index is -1.00. The molecule has 1 heterocycles. The fourth-order valence-electron chi connectivity index (χ4n) is 3.57. The molecule has 0 bridgehead atoms. The van der Waals surface area contributed by atoms with E-state index in [1.165, 1.54) is 14.2 Å². The monoisotopic (exact) mass is 489 g/mol. The lowest BCUT2D eigenvalue weighted by atomic mass is 9.92. The summed E-state index contributed by atoms with van der Waals surface area (Å²) in [4.78, 5) is 54.2. The van der Waals surface area contributed by atoms with Gasteiger partial charge in [0.15, 0.2) is 0 Å². The van der Waals surface area contributed by atoms with Crippen molar-refractivity contribution in [3.8, 4) is 0 Å². The number of H-pyrrole nitrogens is 1. The lowest BCUT2D eigenvalue weighted by molar-refractivity contribution is -0.144. The fraction of sp³-hybridized carbons (Fsp3) is 0.435. The van der Waals surface area contributed by atoms with E-state index in [1.54, 1.807) is 24.3 Å². The van der Waals surface area contributed by atoms with Crippen LogP contribution < -0.4 is 22.3 Å². The second kappa shape index (κ2) is 13.1. The van der Waals surface area contributed by atoms with Gasteiger partial charge in [0.25, 0.3) is 11.5 Å². The van der Waals surface area contributed by atoms with Crippen LogP contribution in [0.15, 0.2) is 29.1 Å². The van der Waals surface area contributed by atoms with Crippen molar-refractivity contribution in [2.24, 2.45) is 0 Å². The summed E-state index contributed by atoms with van der Waals surface area (Å²) in [6.07, 6.45) is 1.47. The van der Waals surface area contributed by atoms with Gasteiger partial charge in [-0.05, 0) is 43.4 Å². The Bertz CT molecular complexity index is 1080. The molecule has 35 heavy (non-hydrogen) atoms. The zero-order chi connectivity index (χ0) is 26.0. The largest absolute Gasteiger partial charge is 0.469 e. The van der Waals surface area contributed by atoms with E-state index in [0.29, 0.717) is 30.4 Å². The van der Waals surface area contributed by atoms with Crippen molar-refractivity contribution < 1.29 is 29.0 Å². The maximum Gasteiger partial charge on any atom is 0.328 e. The van der Waals surface area contributed by atoms with Crippen LogP contribution in [0.4, 0.5) is 11.8 Å². The summed E-state index contributed by atoms with van der Waals surface area (Å²) in [5, 5.41) is 12.4. The number of esters is 2. The molecule has 2 rings (SSSR count). The molecule has 0 aliphatic carbocycles. The Kier molecular flexibility index (Phi) is 10.2. The van der Waals surface area contributed by atoms with Gasteiger partial charge < -0.3 is 31.4 Å². The molecular formula is C23H31N5O7. The van der Waals surface area contributed by atoms with Gasteiger partial charge in [-0.3, -0.25) is 19.4 Å². The average Bonchev–Trinajstić information content (AvgIpc) is 2.84. The molecule has 7 N–H and O–H groups in total. The molecular weight excluding hydrogens is 458 g/mol. The Balaban J connectivity index is 2.00. The quantitative estimate of drug-likeness (QED) is 0.257. The van der Waals surface area contributed by atoms with Crippen LogP contribution in [-0.2, 0) is 25.5 Å². The Morgan fingerprint density at radius 1 is 1.11 bits per heavy atom. The number of ether oxygens (including phenoxy) is 2. The summed E-state index contributed by atoms with van der Waals surface area (Å²) < 4.78 is 9.26. The number of rotatable bonds is 12. The zero-order valence-corrected chi connectivity index (χ0v) is 19.7. The van der Waals surface area contributed by atoms with E-state index in [0.717, 1.165) is 5.56 Å². The Labute approximate surface area is 202 Å². The number of nitrogen functional groups attached to an aromatic ring is 2. The van der Waals surface area contributed by atoms with Crippen LogP contribution in [0.25, 0.3) is 0 Å². The van der Waals surface area contributed by atoms with E-state index < -0.39 is 23.9 Å². The van der Waals surface area contributed by atoms with Crippen LogP contribution in [0.2, 0.25) is 0 Å². The predicted octanol–water partition coefficient (Wildman–Crippen LogP) is 0.258. The van der Waals surface area contributed by atoms with Crippen LogP contribution in [0.3, 0.4) is 0 Å². The molecule has 2 atom stereocenters. The molecule has 0 radical (unpaired) electrons. The lowest BCUT2D eigenvalue weighted by Crippen LogP contribution is -2.41. The summed E-state index contributed by atoms with van der Waals surface area (Å²) in [5.41, 5.74) is 12.3. The number of carbonyl (C=O) groups excluding carboxylic acids is 3. The first kappa shape index (κ1) is 27.3. The summed E-state index contributed by atoms with van der Waals surface area (Å²) in [5.74, 6) is -1.88. The minimum Gasteiger partial charge on any atom is -0.469 e. The van der Waals surface area contributed by atoms with E-state index in [1.807, 2.05) is 0 Å². The second-order valence-corrected chi connectivity index (χ2v) is 7.87. The number of nitrogens with two attached hydrogens (primary N) is 2. The van der Waals surface area contributed by atoms with E-state index >= 15 is 0 Å². The highest BCUT2D eigenvalue weighted by Gasteiger charge is 2.23. The first-order valence-electron chi connectivity index (χ1n) is 11.0. The molecule has 0 aliphatic heterocycles. The first-order chi connectivity index (χ1) is 16.7. The van der Waals surface area contributed by atoms with Crippen LogP contribution >= 0.6 is 0 Å². The number of aromatic nitrogens is 2. The van der Waals surface area contributed by atoms with Gasteiger partial charge in [0.2, 0.25) is 5.95 Å². The number of anilines is 2. The topological polar surface area (TPSA) is 200 Å². The second-order valence-electron chi connectivity index (χ2n) is 7.87. The van der Waals surface area contributed by atoms with Crippen molar-refractivity contribution in [1.82, 2.24) is 15.3 Å². The van der Waals surface area contributed by atoms with Gasteiger partial charge in [-0.25, -0.2) is 4.79 Å². The number of carbonyl (C=O) groups is 3. The average molecular weight is 490 g/mol. The normalized spacial score (nSPS) is 12.4. The van der Waals surface area contributed by atoms with Gasteiger partial charge in [0.1, 0.15) is 11.9 Å². The van der Waals surface area contributed by atoms with Crippen molar-refractivity contribution in [3.05, 3.63) is 51.3 Å². The summed E-state index contributed by atoms with van der Waals surface area (Å²) in [7, 11) is 2.43. The van der Waals surface area contributed by atoms with Crippen molar-refractivity contribution in [2.45, 2.75) is 44.1 Å². The van der Waals surface area contributed by atoms with Gasteiger partial charge >= 0.3 is 11.9 Å². The summed E-state index contributed by atoms with van der Waals surface area (Å²) >= 11 is 0.